The van der Waals surface area contributed by atoms with Crippen LogP contribution in [0, 0.1) is 5.92 Å². The van der Waals surface area contributed by atoms with Crippen molar-refractivity contribution in [2.24, 2.45) is 5.92 Å². The number of carbonyl (C=O) groups is 1. The second-order valence-corrected chi connectivity index (χ2v) is 5.69. The van der Waals surface area contributed by atoms with Crippen LogP contribution < -0.4 is 0 Å². The fraction of sp³-hybridized carbons (Fsp3) is 0.222. The van der Waals surface area contributed by atoms with Gasteiger partial charge in [0.2, 0.25) is 0 Å². The third-order valence-electron chi connectivity index (χ3n) is 4.29. The average Bonchev–Trinajstić information content (AvgIpc) is 3.25. The Morgan fingerprint density at radius 2 is 1.86 bits per heavy atom. The summed E-state index contributed by atoms with van der Waals surface area (Å²) < 4.78 is 1.96. The number of para-hydroxylation sites is 2. The second-order valence-electron chi connectivity index (χ2n) is 5.69. The van der Waals surface area contributed by atoms with Crippen LogP contribution >= 0.6 is 0 Å². The molecule has 3 heteroatoms. The van der Waals surface area contributed by atoms with Crippen molar-refractivity contribution in [2.75, 3.05) is 0 Å². The summed E-state index contributed by atoms with van der Waals surface area (Å²) in [6.07, 6.45) is 2.75. The van der Waals surface area contributed by atoms with Crippen LogP contribution in [0.15, 0.2) is 60.9 Å². The zero-order chi connectivity index (χ0) is 14.2. The minimum Gasteiger partial charge on any atom is -0.323 e. The van der Waals surface area contributed by atoms with Crippen molar-refractivity contribution in [3.05, 3.63) is 66.5 Å². The van der Waals surface area contributed by atoms with Gasteiger partial charge in [-0.05, 0) is 30.0 Å². The molecule has 2 unspecified atom stereocenters. The predicted octanol–water partition coefficient (Wildman–Crippen LogP) is 3.41. The van der Waals surface area contributed by atoms with E-state index in [-0.39, 0.29) is 5.92 Å². The Morgan fingerprint density at radius 3 is 2.71 bits per heavy atom. The molecule has 21 heavy (non-hydrogen) atoms. The highest BCUT2D eigenvalue weighted by Gasteiger charge is 2.43. The van der Waals surface area contributed by atoms with Crippen LogP contribution in [-0.4, -0.2) is 15.3 Å². The van der Waals surface area contributed by atoms with Crippen LogP contribution in [-0.2, 0) is 11.3 Å². The van der Waals surface area contributed by atoms with Crippen LogP contribution in [0.3, 0.4) is 0 Å². The summed E-state index contributed by atoms with van der Waals surface area (Å²) in [6.45, 7) is 0.425. The number of rotatable bonds is 4. The number of benzene rings is 2. The summed E-state index contributed by atoms with van der Waals surface area (Å²) in [6, 6.07) is 18.3. The van der Waals surface area contributed by atoms with E-state index in [1.807, 2.05) is 47.0 Å². The molecule has 1 aliphatic rings. The standard InChI is InChI=1S/C18H16N2O/c21-18(15-10-14(15)13-6-2-1-3-7-13)11-20-12-19-16-8-4-5-9-17(16)20/h1-9,12,14-15H,10-11H2. The number of ketones is 1. The largest absolute Gasteiger partial charge is 0.323 e. The topological polar surface area (TPSA) is 34.9 Å². The van der Waals surface area contributed by atoms with Gasteiger partial charge >= 0.3 is 0 Å². The summed E-state index contributed by atoms with van der Waals surface area (Å²) in [7, 11) is 0. The molecule has 0 N–H and O–H groups in total. The van der Waals surface area contributed by atoms with Crippen molar-refractivity contribution in [1.82, 2.24) is 9.55 Å². The van der Waals surface area contributed by atoms with Gasteiger partial charge in [0, 0.05) is 5.92 Å². The molecule has 0 saturated heterocycles. The van der Waals surface area contributed by atoms with Crippen molar-refractivity contribution in [1.29, 1.82) is 0 Å². The number of hydrogen-bond acceptors (Lipinski definition) is 2. The first-order valence-electron chi connectivity index (χ1n) is 7.30. The van der Waals surface area contributed by atoms with E-state index < -0.39 is 0 Å². The van der Waals surface area contributed by atoms with Gasteiger partial charge < -0.3 is 4.57 Å². The summed E-state index contributed by atoms with van der Waals surface area (Å²) in [5, 5.41) is 0. The third kappa shape index (κ3) is 2.25. The lowest BCUT2D eigenvalue weighted by molar-refractivity contribution is -0.120. The van der Waals surface area contributed by atoms with Crippen molar-refractivity contribution >= 4 is 16.8 Å². The highest BCUT2D eigenvalue weighted by atomic mass is 16.1. The normalized spacial score (nSPS) is 20.6. The van der Waals surface area contributed by atoms with Crippen LogP contribution in [0.5, 0.6) is 0 Å². The second kappa shape index (κ2) is 4.85. The molecule has 2 aromatic carbocycles. The van der Waals surface area contributed by atoms with Gasteiger partial charge in [0.15, 0.2) is 5.78 Å². The monoisotopic (exact) mass is 276 g/mol. The Morgan fingerprint density at radius 1 is 1.10 bits per heavy atom. The van der Waals surface area contributed by atoms with Crippen molar-refractivity contribution in [3.63, 3.8) is 0 Å². The maximum absolute atomic E-state index is 12.5. The molecular formula is C18H16N2O. The summed E-state index contributed by atoms with van der Waals surface area (Å²) >= 11 is 0. The number of imidazole rings is 1. The summed E-state index contributed by atoms with van der Waals surface area (Å²) in [5.74, 6) is 0.897. The van der Waals surface area contributed by atoms with E-state index in [2.05, 4.69) is 17.1 Å². The molecule has 4 rings (SSSR count). The van der Waals surface area contributed by atoms with Gasteiger partial charge in [0.25, 0.3) is 0 Å². The van der Waals surface area contributed by atoms with E-state index in [9.17, 15) is 4.79 Å². The Bertz CT molecular complexity index is 791. The van der Waals surface area contributed by atoms with E-state index >= 15 is 0 Å². The number of carbonyl (C=O) groups excluding carboxylic acids is 1. The van der Waals surface area contributed by atoms with Gasteiger partial charge in [-0.15, -0.1) is 0 Å². The van der Waals surface area contributed by atoms with E-state index in [4.69, 9.17) is 0 Å². The van der Waals surface area contributed by atoms with E-state index in [0.29, 0.717) is 18.2 Å². The molecule has 0 spiro atoms. The lowest BCUT2D eigenvalue weighted by Crippen LogP contribution is -2.11. The molecule has 0 radical (unpaired) electrons. The van der Waals surface area contributed by atoms with E-state index in [1.54, 1.807) is 6.33 Å². The number of nitrogens with zero attached hydrogens (tertiary/aromatic N) is 2. The van der Waals surface area contributed by atoms with Gasteiger partial charge in [0.1, 0.15) is 0 Å². The molecule has 3 aromatic rings. The summed E-state index contributed by atoms with van der Waals surface area (Å²) in [4.78, 5) is 16.8. The average molecular weight is 276 g/mol. The first-order chi connectivity index (χ1) is 10.3. The Hall–Kier alpha value is -2.42. The maximum Gasteiger partial charge on any atom is 0.156 e. The predicted molar refractivity (Wildman–Crippen MR) is 82.0 cm³/mol. The van der Waals surface area contributed by atoms with Crippen LogP contribution in [0.1, 0.15) is 17.9 Å². The molecule has 1 fully saturated rings. The molecule has 2 atom stereocenters. The van der Waals surface area contributed by atoms with Crippen molar-refractivity contribution in [2.45, 2.75) is 18.9 Å². The molecule has 1 aliphatic carbocycles. The SMILES string of the molecule is O=C(Cn1cnc2ccccc21)C1CC1c1ccccc1. The third-order valence-corrected chi connectivity index (χ3v) is 4.29. The van der Waals surface area contributed by atoms with Crippen LogP contribution in [0.4, 0.5) is 0 Å². The molecule has 0 amide bonds. The zero-order valence-electron chi connectivity index (χ0n) is 11.6. The number of fused-ring (bicyclic) bond motifs is 1. The fourth-order valence-electron chi connectivity index (χ4n) is 3.04. The molecule has 3 nitrogen and oxygen atoms in total. The smallest absolute Gasteiger partial charge is 0.156 e. The molecule has 1 heterocycles. The number of aromatic nitrogens is 2. The summed E-state index contributed by atoms with van der Waals surface area (Å²) in [5.41, 5.74) is 3.26. The van der Waals surface area contributed by atoms with Crippen LogP contribution in [0.2, 0.25) is 0 Å². The van der Waals surface area contributed by atoms with Gasteiger partial charge in [0.05, 0.1) is 23.9 Å². The highest BCUT2D eigenvalue weighted by molar-refractivity contribution is 5.86. The zero-order valence-corrected chi connectivity index (χ0v) is 11.6. The first kappa shape index (κ1) is 12.3. The van der Waals surface area contributed by atoms with E-state index in [0.717, 1.165) is 17.5 Å². The lowest BCUT2D eigenvalue weighted by atomic mass is 10.1. The fourth-order valence-corrected chi connectivity index (χ4v) is 3.04. The quantitative estimate of drug-likeness (QED) is 0.732. The van der Waals surface area contributed by atoms with Gasteiger partial charge in [-0.1, -0.05) is 42.5 Å². The first-order valence-corrected chi connectivity index (χ1v) is 7.30. The van der Waals surface area contributed by atoms with E-state index in [1.165, 1.54) is 5.56 Å². The number of Topliss-reactive ketones (excluding diaryl/α,β-unsaturated/α-hetero) is 1. The van der Waals surface area contributed by atoms with Gasteiger partial charge in [-0.2, -0.15) is 0 Å². The van der Waals surface area contributed by atoms with Gasteiger partial charge in [-0.25, -0.2) is 4.98 Å². The van der Waals surface area contributed by atoms with Gasteiger partial charge in [-0.3, -0.25) is 4.79 Å². The molecule has 0 aliphatic heterocycles. The minimum atomic E-state index is 0.175. The van der Waals surface area contributed by atoms with Crippen molar-refractivity contribution < 1.29 is 4.79 Å². The van der Waals surface area contributed by atoms with Crippen molar-refractivity contribution in [3.8, 4) is 0 Å². The lowest BCUT2D eigenvalue weighted by Gasteiger charge is -2.04. The maximum atomic E-state index is 12.5. The molecular weight excluding hydrogens is 260 g/mol. The number of hydrogen-bond donors (Lipinski definition) is 0. The Labute approximate surface area is 123 Å². The Kier molecular flexibility index (Phi) is 2.85. The molecule has 0 bridgehead atoms. The molecule has 104 valence electrons. The molecule has 1 aromatic heterocycles. The van der Waals surface area contributed by atoms with Crippen LogP contribution in [0.25, 0.3) is 11.0 Å². The Balaban J connectivity index is 1.50. The molecule has 1 saturated carbocycles. The minimum absolute atomic E-state index is 0.175. The highest BCUT2D eigenvalue weighted by Crippen LogP contribution is 2.48.